The van der Waals surface area contributed by atoms with Crippen molar-refractivity contribution in [2.45, 2.75) is 148 Å². The molecule has 3 N–H and O–H groups in total. The number of phosphoric ester groups is 1. The van der Waals surface area contributed by atoms with E-state index in [4.69, 9.17) is 24.3 Å². The van der Waals surface area contributed by atoms with Crippen molar-refractivity contribution in [1.29, 1.82) is 0 Å². The third-order valence-corrected chi connectivity index (χ3v) is 7.91. The number of hydrogen-bond acceptors (Lipinski definition) is 8. The smallest absolute Gasteiger partial charge is 0.462 e. The number of hydrogen-bond donors (Lipinski definition) is 2. The number of unbranched alkanes of at least 4 members (excludes halogenated alkanes) is 18. The molecule has 10 heteroatoms. The van der Waals surface area contributed by atoms with Crippen molar-refractivity contribution < 1.29 is 37.6 Å². The van der Waals surface area contributed by atoms with E-state index >= 15 is 0 Å². The summed E-state index contributed by atoms with van der Waals surface area (Å²) in [7, 11) is -4.36. The molecule has 0 aliphatic carbocycles. The second-order valence-electron chi connectivity index (χ2n) is 11.0. The van der Waals surface area contributed by atoms with Crippen LogP contribution in [0.2, 0.25) is 0 Å². The van der Waals surface area contributed by atoms with Crippen LogP contribution in [0, 0.1) is 6.42 Å². The van der Waals surface area contributed by atoms with Gasteiger partial charge in [0.15, 0.2) is 6.10 Å². The van der Waals surface area contributed by atoms with Crippen molar-refractivity contribution in [3.05, 3.63) is 19.1 Å². The molecule has 1 unspecified atom stereocenters. The lowest BCUT2D eigenvalue weighted by atomic mass is 10.0. The zero-order chi connectivity index (χ0) is 31.2. The van der Waals surface area contributed by atoms with Gasteiger partial charge in [0.1, 0.15) is 6.61 Å². The number of rotatable bonds is 32. The fourth-order valence-electron chi connectivity index (χ4n) is 4.47. The monoisotopic (exact) mass is 618 g/mol. The van der Waals surface area contributed by atoms with Gasteiger partial charge in [-0.3, -0.25) is 18.6 Å². The van der Waals surface area contributed by atoms with Gasteiger partial charge in [-0.15, -0.1) is 6.42 Å². The molecule has 0 saturated heterocycles. The van der Waals surface area contributed by atoms with E-state index in [1.165, 1.54) is 64.2 Å². The van der Waals surface area contributed by atoms with E-state index in [0.29, 0.717) is 6.42 Å². The molecule has 9 nitrogen and oxygen atoms in total. The summed E-state index contributed by atoms with van der Waals surface area (Å²) in [5.74, 6) is -0.855. The van der Waals surface area contributed by atoms with Crippen LogP contribution in [-0.2, 0) is 32.7 Å². The van der Waals surface area contributed by atoms with Crippen LogP contribution in [-0.4, -0.2) is 49.3 Å². The largest absolute Gasteiger partial charge is 0.472 e. The highest BCUT2D eigenvalue weighted by Crippen LogP contribution is 2.43. The molecule has 0 aliphatic rings. The van der Waals surface area contributed by atoms with E-state index < -0.39 is 26.5 Å². The van der Waals surface area contributed by atoms with Crippen molar-refractivity contribution in [2.75, 3.05) is 26.4 Å². The van der Waals surface area contributed by atoms with Crippen molar-refractivity contribution in [3.8, 4) is 0 Å². The predicted molar refractivity (Wildman–Crippen MR) is 169 cm³/mol. The van der Waals surface area contributed by atoms with Gasteiger partial charge in [0.05, 0.1) is 13.2 Å². The van der Waals surface area contributed by atoms with Crippen LogP contribution in [0.4, 0.5) is 0 Å². The molecule has 0 spiro atoms. The minimum atomic E-state index is -4.36. The predicted octanol–water partition coefficient (Wildman–Crippen LogP) is 8.14. The standard InChI is InChI=1S/C32H61NO8P/c1-3-5-7-9-11-13-14-15-16-17-19-20-22-24-31(34)38-28-30(29-40-42(36,37)39-27-26-33)41-32(35)25-23-21-18-12-10-8-6-4-2/h4,6,30H,2-3,5,7-29,33H2,1H3,(H,36,37)/q-1/t30-/m1/s1. The molecule has 0 heterocycles. The summed E-state index contributed by atoms with van der Waals surface area (Å²) in [6.45, 7) is 5.12. The summed E-state index contributed by atoms with van der Waals surface area (Å²) in [5, 5.41) is 0. The average molecular weight is 619 g/mol. The number of carbonyl (C=O) groups excluding carboxylic acids is 2. The lowest BCUT2D eigenvalue weighted by Crippen LogP contribution is -2.29. The average Bonchev–Trinajstić information content (AvgIpc) is 2.97. The zero-order valence-corrected chi connectivity index (χ0v) is 27.3. The summed E-state index contributed by atoms with van der Waals surface area (Å²) < 4.78 is 32.4. The maximum absolute atomic E-state index is 12.4. The molecule has 0 aromatic rings. The Balaban J connectivity index is 4.22. The van der Waals surface area contributed by atoms with E-state index in [-0.39, 0.29) is 38.6 Å². The van der Waals surface area contributed by atoms with Crippen LogP contribution in [0.25, 0.3) is 0 Å². The highest BCUT2D eigenvalue weighted by molar-refractivity contribution is 7.47. The van der Waals surface area contributed by atoms with Crippen molar-refractivity contribution in [2.24, 2.45) is 5.73 Å². The number of esters is 2. The molecule has 0 rings (SSSR count). The van der Waals surface area contributed by atoms with E-state index in [1.54, 1.807) is 6.08 Å². The summed E-state index contributed by atoms with van der Waals surface area (Å²) in [6, 6.07) is 0. The first-order chi connectivity index (χ1) is 20.3. The molecule has 0 saturated carbocycles. The van der Waals surface area contributed by atoms with Gasteiger partial charge < -0.3 is 20.1 Å². The summed E-state index contributed by atoms with van der Waals surface area (Å²) in [4.78, 5) is 34.4. The second-order valence-corrected chi connectivity index (χ2v) is 12.4. The summed E-state index contributed by atoms with van der Waals surface area (Å²) in [6.07, 6.45) is 25.0. The molecule has 42 heavy (non-hydrogen) atoms. The molecule has 0 bridgehead atoms. The Morgan fingerprint density at radius 2 is 1.29 bits per heavy atom. The molecule has 0 aromatic heterocycles. The first-order valence-corrected chi connectivity index (χ1v) is 18.0. The van der Waals surface area contributed by atoms with Crippen LogP contribution in [0.3, 0.4) is 0 Å². The van der Waals surface area contributed by atoms with E-state index in [9.17, 15) is 19.0 Å². The van der Waals surface area contributed by atoms with Gasteiger partial charge >= 0.3 is 19.8 Å². The Morgan fingerprint density at radius 3 is 1.81 bits per heavy atom. The van der Waals surface area contributed by atoms with Gasteiger partial charge in [-0.25, -0.2) is 23.6 Å². The van der Waals surface area contributed by atoms with Gasteiger partial charge in [-0.1, -0.05) is 110 Å². The van der Waals surface area contributed by atoms with Crippen LogP contribution >= 0.6 is 7.82 Å². The zero-order valence-electron chi connectivity index (χ0n) is 26.4. The Kier molecular flexibility index (Phi) is 28.7. The number of nitrogens with two attached hydrogens (primary N) is 1. The molecule has 248 valence electrons. The fraction of sp³-hybridized carbons (Fsp3) is 0.844. The fourth-order valence-corrected chi connectivity index (χ4v) is 5.23. The first kappa shape index (κ1) is 40.6. The summed E-state index contributed by atoms with van der Waals surface area (Å²) >= 11 is 0. The van der Waals surface area contributed by atoms with Crippen LogP contribution in [0.15, 0.2) is 12.7 Å². The van der Waals surface area contributed by atoms with Gasteiger partial charge in [0, 0.05) is 19.4 Å². The quantitative estimate of drug-likeness (QED) is 0.0331. The Bertz CT molecular complexity index is 706. The minimum Gasteiger partial charge on any atom is -0.462 e. The first-order valence-electron chi connectivity index (χ1n) is 16.5. The van der Waals surface area contributed by atoms with Crippen LogP contribution in [0.1, 0.15) is 142 Å². The van der Waals surface area contributed by atoms with Gasteiger partial charge in [-0.05, 0) is 12.8 Å². The number of ether oxygens (including phenoxy) is 2. The van der Waals surface area contributed by atoms with E-state index in [1.807, 2.05) is 6.42 Å². The number of phosphoric acid groups is 1. The highest BCUT2D eigenvalue weighted by atomic mass is 31.2. The highest BCUT2D eigenvalue weighted by Gasteiger charge is 2.25. The lowest BCUT2D eigenvalue weighted by molar-refractivity contribution is -0.161. The minimum absolute atomic E-state index is 0.0512. The third-order valence-electron chi connectivity index (χ3n) is 6.93. The van der Waals surface area contributed by atoms with E-state index in [2.05, 4.69) is 13.5 Å². The molecular weight excluding hydrogens is 557 g/mol. The van der Waals surface area contributed by atoms with Gasteiger partial charge in [-0.2, -0.15) is 0 Å². The van der Waals surface area contributed by atoms with Gasteiger partial charge in [0.2, 0.25) is 0 Å². The van der Waals surface area contributed by atoms with E-state index in [0.717, 1.165) is 51.4 Å². The Morgan fingerprint density at radius 1 is 0.786 bits per heavy atom. The van der Waals surface area contributed by atoms with Crippen molar-refractivity contribution in [1.82, 2.24) is 0 Å². The topological polar surface area (TPSA) is 134 Å². The number of carbonyl (C=O) groups is 2. The molecule has 0 amide bonds. The third kappa shape index (κ3) is 28.7. The Hall–Kier alpha value is -1.38. The molecule has 2 atom stereocenters. The molecule has 0 aromatic carbocycles. The lowest BCUT2D eigenvalue weighted by Gasteiger charge is -2.19. The Labute approximate surface area is 256 Å². The molecular formula is C32H61NO8P-. The van der Waals surface area contributed by atoms with Crippen molar-refractivity contribution in [3.63, 3.8) is 0 Å². The second kappa shape index (κ2) is 29.7. The maximum Gasteiger partial charge on any atom is 0.472 e. The molecule has 0 fully saturated rings. The maximum atomic E-state index is 12.4. The van der Waals surface area contributed by atoms with Gasteiger partial charge in [0.25, 0.3) is 0 Å². The van der Waals surface area contributed by atoms with Crippen molar-refractivity contribution >= 4 is 19.8 Å². The van der Waals surface area contributed by atoms with Crippen LogP contribution in [0.5, 0.6) is 0 Å². The number of allylic oxidation sites excluding steroid dienone is 1. The normalized spacial score (nSPS) is 13.3. The molecule has 0 aliphatic heterocycles. The SMILES string of the molecule is C=C[CH-]CCCCCCCC(=O)O[C@H](COC(=O)CCCCCCCCCCCCCCC)COP(=O)(O)OCCN. The van der Waals surface area contributed by atoms with Crippen LogP contribution < -0.4 is 5.73 Å². The summed E-state index contributed by atoms with van der Waals surface area (Å²) in [5.41, 5.74) is 5.30. The molecule has 0 radical (unpaired) electrons.